The lowest BCUT2D eigenvalue weighted by Gasteiger charge is -2.16. The van der Waals surface area contributed by atoms with Gasteiger partial charge in [0.15, 0.2) is 0 Å². The predicted molar refractivity (Wildman–Crippen MR) is 113 cm³/mol. The van der Waals surface area contributed by atoms with Crippen LogP contribution in [0.15, 0.2) is 48.5 Å². The zero-order valence-electron chi connectivity index (χ0n) is 16.4. The molecule has 0 amide bonds. The van der Waals surface area contributed by atoms with Gasteiger partial charge >= 0.3 is 0 Å². The summed E-state index contributed by atoms with van der Waals surface area (Å²) in [5.74, 6) is 0.841. The van der Waals surface area contributed by atoms with Gasteiger partial charge in [0.1, 0.15) is 18.5 Å². The molecule has 0 fully saturated rings. The monoisotopic (exact) mass is 366 g/mol. The molecule has 3 rings (SSSR count). The van der Waals surface area contributed by atoms with Crippen molar-refractivity contribution in [1.82, 2.24) is 0 Å². The fourth-order valence-corrected chi connectivity index (χ4v) is 3.37. The van der Waals surface area contributed by atoms with Crippen LogP contribution in [0, 0.1) is 6.92 Å². The van der Waals surface area contributed by atoms with E-state index in [1.54, 1.807) is 0 Å². The van der Waals surface area contributed by atoms with E-state index in [4.69, 9.17) is 9.47 Å². The van der Waals surface area contributed by atoms with E-state index < -0.39 is 6.10 Å². The summed E-state index contributed by atoms with van der Waals surface area (Å²) in [6.07, 6.45) is 4.06. The number of rotatable bonds is 10. The normalized spacial score (nSPS) is 12.6. The zero-order chi connectivity index (χ0) is 19.1. The Morgan fingerprint density at radius 3 is 2.56 bits per heavy atom. The van der Waals surface area contributed by atoms with Gasteiger partial charge in [-0.05, 0) is 36.2 Å². The second kappa shape index (κ2) is 9.72. The molecule has 1 unspecified atom stereocenters. The SMILES string of the molecule is CCCCCCOCC(O)COc1c2ccccc2cc2ccc(C)cc12. The van der Waals surface area contributed by atoms with Crippen LogP contribution in [-0.4, -0.2) is 31.0 Å². The number of aliphatic hydroxyl groups excluding tert-OH is 1. The molecule has 0 radical (unpaired) electrons. The molecule has 0 saturated carbocycles. The molecule has 27 heavy (non-hydrogen) atoms. The number of unbranched alkanes of at least 4 members (excludes halogenated alkanes) is 3. The first-order valence-electron chi connectivity index (χ1n) is 9.99. The van der Waals surface area contributed by atoms with Crippen molar-refractivity contribution < 1.29 is 14.6 Å². The molecule has 0 saturated heterocycles. The van der Waals surface area contributed by atoms with Gasteiger partial charge in [0, 0.05) is 17.4 Å². The third-order valence-electron chi connectivity index (χ3n) is 4.84. The van der Waals surface area contributed by atoms with Gasteiger partial charge in [0.2, 0.25) is 0 Å². The van der Waals surface area contributed by atoms with Crippen LogP contribution in [0.5, 0.6) is 5.75 Å². The Morgan fingerprint density at radius 2 is 1.70 bits per heavy atom. The van der Waals surface area contributed by atoms with Gasteiger partial charge < -0.3 is 14.6 Å². The average molecular weight is 367 g/mol. The second-order valence-corrected chi connectivity index (χ2v) is 7.25. The lowest BCUT2D eigenvalue weighted by atomic mass is 10.0. The maximum absolute atomic E-state index is 10.3. The molecule has 0 aliphatic carbocycles. The van der Waals surface area contributed by atoms with Gasteiger partial charge in [-0.3, -0.25) is 0 Å². The van der Waals surface area contributed by atoms with Crippen LogP contribution in [-0.2, 0) is 4.74 Å². The van der Waals surface area contributed by atoms with Crippen LogP contribution in [0.2, 0.25) is 0 Å². The fraction of sp³-hybridized carbons (Fsp3) is 0.417. The smallest absolute Gasteiger partial charge is 0.135 e. The fourth-order valence-electron chi connectivity index (χ4n) is 3.37. The Morgan fingerprint density at radius 1 is 0.889 bits per heavy atom. The van der Waals surface area contributed by atoms with Gasteiger partial charge in [-0.15, -0.1) is 0 Å². The van der Waals surface area contributed by atoms with E-state index in [0.29, 0.717) is 13.2 Å². The van der Waals surface area contributed by atoms with Crippen LogP contribution < -0.4 is 4.74 Å². The van der Waals surface area contributed by atoms with Crippen molar-refractivity contribution in [3.63, 3.8) is 0 Å². The Balaban J connectivity index is 1.69. The lowest BCUT2D eigenvalue weighted by Crippen LogP contribution is -2.23. The summed E-state index contributed by atoms with van der Waals surface area (Å²) in [7, 11) is 0. The highest BCUT2D eigenvalue weighted by Crippen LogP contribution is 2.35. The van der Waals surface area contributed by atoms with E-state index in [9.17, 15) is 5.11 Å². The standard InChI is InChI=1S/C24H30O3/c1-3-4-5-8-13-26-16-21(25)17-27-24-22-10-7-6-9-19(22)15-20-12-11-18(2)14-23(20)24/h6-7,9-12,14-15,21,25H,3-5,8,13,16-17H2,1-2H3. The highest BCUT2D eigenvalue weighted by molar-refractivity contribution is 6.05. The molecule has 0 heterocycles. The van der Waals surface area contributed by atoms with Crippen molar-refractivity contribution in [1.29, 1.82) is 0 Å². The number of hydrogen-bond acceptors (Lipinski definition) is 3. The molecule has 0 bridgehead atoms. The van der Waals surface area contributed by atoms with Crippen LogP contribution in [0.4, 0.5) is 0 Å². The first-order valence-corrected chi connectivity index (χ1v) is 9.99. The summed E-state index contributed by atoms with van der Waals surface area (Å²) in [5.41, 5.74) is 1.19. The summed E-state index contributed by atoms with van der Waals surface area (Å²) in [4.78, 5) is 0. The molecular formula is C24H30O3. The van der Waals surface area contributed by atoms with Crippen molar-refractivity contribution in [3.8, 4) is 5.75 Å². The van der Waals surface area contributed by atoms with Gasteiger partial charge in [0.25, 0.3) is 0 Å². The number of benzene rings is 3. The maximum atomic E-state index is 10.3. The van der Waals surface area contributed by atoms with E-state index in [1.807, 2.05) is 12.1 Å². The minimum absolute atomic E-state index is 0.228. The molecule has 1 atom stereocenters. The molecule has 3 heteroatoms. The summed E-state index contributed by atoms with van der Waals surface area (Å²) in [6.45, 7) is 5.52. The van der Waals surface area contributed by atoms with Gasteiger partial charge in [-0.2, -0.15) is 0 Å². The molecular weight excluding hydrogens is 336 g/mol. The van der Waals surface area contributed by atoms with Crippen molar-refractivity contribution >= 4 is 21.5 Å². The quantitative estimate of drug-likeness (QED) is 0.373. The Kier molecular flexibility index (Phi) is 7.08. The van der Waals surface area contributed by atoms with E-state index >= 15 is 0 Å². The van der Waals surface area contributed by atoms with Crippen LogP contribution >= 0.6 is 0 Å². The summed E-state index contributed by atoms with van der Waals surface area (Å²) >= 11 is 0. The molecule has 0 aliphatic heterocycles. The van der Waals surface area contributed by atoms with Gasteiger partial charge in [0.05, 0.1) is 6.61 Å². The molecule has 144 valence electrons. The number of fused-ring (bicyclic) bond motifs is 2. The number of aryl methyl sites for hydroxylation is 1. The Bertz CT molecular complexity index is 872. The molecule has 0 aromatic heterocycles. The summed E-state index contributed by atoms with van der Waals surface area (Å²) < 4.78 is 11.7. The van der Waals surface area contributed by atoms with Gasteiger partial charge in [-0.25, -0.2) is 0 Å². The first kappa shape index (κ1) is 19.7. The zero-order valence-corrected chi connectivity index (χ0v) is 16.4. The molecule has 0 spiro atoms. The first-order chi connectivity index (χ1) is 13.2. The molecule has 0 aliphatic rings. The Hall–Kier alpha value is -2.10. The highest BCUT2D eigenvalue weighted by Gasteiger charge is 2.12. The lowest BCUT2D eigenvalue weighted by molar-refractivity contribution is 0.0115. The van der Waals surface area contributed by atoms with Crippen molar-refractivity contribution in [2.45, 2.75) is 45.6 Å². The molecule has 1 N–H and O–H groups in total. The van der Waals surface area contributed by atoms with E-state index in [2.05, 4.69) is 50.2 Å². The van der Waals surface area contributed by atoms with Crippen molar-refractivity contribution in [2.24, 2.45) is 0 Å². The van der Waals surface area contributed by atoms with Crippen molar-refractivity contribution in [2.75, 3.05) is 19.8 Å². The third-order valence-corrected chi connectivity index (χ3v) is 4.84. The highest BCUT2D eigenvalue weighted by atomic mass is 16.5. The summed E-state index contributed by atoms with van der Waals surface area (Å²) in [6, 6.07) is 16.8. The number of ether oxygens (including phenoxy) is 2. The minimum Gasteiger partial charge on any atom is -0.489 e. The Labute approximate surface area is 161 Å². The van der Waals surface area contributed by atoms with Crippen LogP contribution in [0.3, 0.4) is 0 Å². The van der Waals surface area contributed by atoms with Crippen molar-refractivity contribution in [3.05, 3.63) is 54.1 Å². The number of aliphatic hydroxyl groups is 1. The third kappa shape index (κ3) is 5.21. The average Bonchev–Trinajstić information content (AvgIpc) is 2.68. The van der Waals surface area contributed by atoms with E-state index in [-0.39, 0.29) is 6.61 Å². The molecule has 3 nitrogen and oxygen atoms in total. The maximum Gasteiger partial charge on any atom is 0.135 e. The summed E-state index contributed by atoms with van der Waals surface area (Å²) in [5, 5.41) is 14.7. The van der Waals surface area contributed by atoms with E-state index in [1.165, 1.54) is 24.8 Å². The number of hydrogen-bond donors (Lipinski definition) is 1. The second-order valence-electron chi connectivity index (χ2n) is 7.25. The largest absolute Gasteiger partial charge is 0.489 e. The van der Waals surface area contributed by atoms with Crippen LogP contribution in [0.25, 0.3) is 21.5 Å². The predicted octanol–water partition coefficient (Wildman–Crippen LogP) is 5.64. The topological polar surface area (TPSA) is 38.7 Å². The molecule has 3 aromatic rings. The van der Waals surface area contributed by atoms with Crippen LogP contribution in [0.1, 0.15) is 38.2 Å². The minimum atomic E-state index is -0.630. The van der Waals surface area contributed by atoms with Gasteiger partial charge in [-0.1, -0.05) is 68.1 Å². The molecule has 3 aromatic carbocycles. The van der Waals surface area contributed by atoms with E-state index in [0.717, 1.165) is 33.7 Å².